The second-order valence-electron chi connectivity index (χ2n) is 6.95. The lowest BCUT2D eigenvalue weighted by atomic mass is 10.1. The smallest absolute Gasteiger partial charge is 0.292 e. The van der Waals surface area contributed by atoms with Crippen LogP contribution in [0.15, 0.2) is 75.4 Å². The molecule has 3 aromatic rings. The normalized spacial score (nSPS) is 12.3. The fourth-order valence-electron chi connectivity index (χ4n) is 3.23. The van der Waals surface area contributed by atoms with Crippen molar-refractivity contribution in [3.63, 3.8) is 0 Å². The molecular formula is C22H20N2O2S2. The molecule has 6 heteroatoms. The Morgan fingerprint density at radius 3 is 2.14 bits per heavy atom. The number of nitrogens with zero attached hydrogens (tertiary/aromatic N) is 2. The van der Waals surface area contributed by atoms with Crippen molar-refractivity contribution >= 4 is 31.7 Å². The van der Waals surface area contributed by atoms with Crippen LogP contribution < -0.4 is 4.90 Å². The molecule has 142 valence electrons. The maximum Gasteiger partial charge on any atom is 0.292 e. The van der Waals surface area contributed by atoms with Crippen molar-refractivity contribution in [1.29, 1.82) is 0 Å². The third-order valence-electron chi connectivity index (χ3n) is 4.77. The monoisotopic (exact) mass is 408 g/mol. The minimum absolute atomic E-state index is 0.208. The number of benzene rings is 3. The number of rotatable bonds is 3. The van der Waals surface area contributed by atoms with Crippen molar-refractivity contribution in [2.75, 3.05) is 19.0 Å². The number of fused-ring (bicyclic) bond motifs is 3. The Bertz CT molecular complexity index is 1240. The minimum atomic E-state index is -3.74. The van der Waals surface area contributed by atoms with Gasteiger partial charge in [0, 0.05) is 30.9 Å². The fourth-order valence-corrected chi connectivity index (χ4v) is 5.29. The van der Waals surface area contributed by atoms with Crippen LogP contribution in [-0.2, 0) is 21.2 Å². The molecule has 0 aliphatic heterocycles. The second-order valence-corrected chi connectivity index (χ2v) is 9.56. The highest BCUT2D eigenvalue weighted by atomic mass is 32.2. The van der Waals surface area contributed by atoms with Crippen LogP contribution in [0.5, 0.6) is 0 Å². The first-order valence-corrected chi connectivity index (χ1v) is 11.1. The van der Waals surface area contributed by atoms with Gasteiger partial charge in [-0.3, -0.25) is 0 Å². The van der Waals surface area contributed by atoms with Gasteiger partial charge in [0.15, 0.2) is 0 Å². The first-order chi connectivity index (χ1) is 13.4. The van der Waals surface area contributed by atoms with Gasteiger partial charge in [0.1, 0.15) is 0 Å². The Morgan fingerprint density at radius 1 is 0.821 bits per heavy atom. The van der Waals surface area contributed by atoms with Crippen molar-refractivity contribution in [2.24, 2.45) is 3.77 Å². The number of anilines is 1. The topological polar surface area (TPSA) is 49.7 Å². The van der Waals surface area contributed by atoms with Crippen LogP contribution in [0.3, 0.4) is 0 Å². The summed E-state index contributed by atoms with van der Waals surface area (Å²) >= 11 is 1.03. The van der Waals surface area contributed by atoms with Crippen LogP contribution in [0, 0.1) is 6.92 Å². The summed E-state index contributed by atoms with van der Waals surface area (Å²) in [7, 11) is 0.239. The highest BCUT2D eigenvalue weighted by molar-refractivity contribution is 7.95. The van der Waals surface area contributed by atoms with E-state index >= 15 is 0 Å². The zero-order valence-corrected chi connectivity index (χ0v) is 17.5. The van der Waals surface area contributed by atoms with Crippen LogP contribution in [-0.4, -0.2) is 27.4 Å². The zero-order chi connectivity index (χ0) is 19.9. The Balaban J connectivity index is 1.90. The Morgan fingerprint density at radius 2 is 1.46 bits per heavy atom. The van der Waals surface area contributed by atoms with E-state index in [0.29, 0.717) is 0 Å². The fraction of sp³-hybridized carbons (Fsp3) is 0.136. The SMILES string of the molecule is Cc1ccc(S(=O)(=O)N=S=C2c3ccccc3-c3ccc(N(C)C)cc32)cc1. The summed E-state index contributed by atoms with van der Waals surface area (Å²) < 4.78 is 29.4. The number of hydrogen-bond donors (Lipinski definition) is 0. The third kappa shape index (κ3) is 3.30. The van der Waals surface area contributed by atoms with Crippen LogP contribution >= 0.6 is 0 Å². The van der Waals surface area contributed by atoms with E-state index in [4.69, 9.17) is 0 Å². The second kappa shape index (κ2) is 7.04. The summed E-state index contributed by atoms with van der Waals surface area (Å²) in [6, 6.07) is 21.0. The lowest BCUT2D eigenvalue weighted by Crippen LogP contribution is -2.09. The van der Waals surface area contributed by atoms with Crippen molar-refractivity contribution in [3.8, 4) is 11.1 Å². The van der Waals surface area contributed by atoms with Crippen LogP contribution in [0.25, 0.3) is 11.1 Å². The summed E-state index contributed by atoms with van der Waals surface area (Å²) in [5, 5.41) is 0. The van der Waals surface area contributed by atoms with E-state index in [9.17, 15) is 8.42 Å². The van der Waals surface area contributed by atoms with Crippen molar-refractivity contribution in [2.45, 2.75) is 11.8 Å². The largest absolute Gasteiger partial charge is 0.378 e. The minimum Gasteiger partial charge on any atom is -0.378 e. The zero-order valence-electron chi connectivity index (χ0n) is 15.9. The Kier molecular flexibility index (Phi) is 4.69. The molecule has 28 heavy (non-hydrogen) atoms. The molecule has 0 fully saturated rings. The summed E-state index contributed by atoms with van der Waals surface area (Å²) in [5.41, 5.74) is 6.31. The van der Waals surface area contributed by atoms with E-state index in [1.54, 1.807) is 24.3 Å². The van der Waals surface area contributed by atoms with Crippen molar-refractivity contribution in [3.05, 3.63) is 83.4 Å². The molecule has 0 radical (unpaired) electrons. The molecule has 0 bridgehead atoms. The summed E-state index contributed by atoms with van der Waals surface area (Å²) in [6.07, 6.45) is 0. The highest BCUT2D eigenvalue weighted by Crippen LogP contribution is 2.38. The molecule has 0 amide bonds. The first kappa shape index (κ1) is 18.7. The van der Waals surface area contributed by atoms with Crippen LogP contribution in [0.1, 0.15) is 16.7 Å². The molecule has 4 nitrogen and oxygen atoms in total. The molecule has 0 aromatic heterocycles. The van der Waals surface area contributed by atoms with Gasteiger partial charge in [0.2, 0.25) is 0 Å². The number of sulfonamides is 1. The van der Waals surface area contributed by atoms with Crippen molar-refractivity contribution in [1.82, 2.24) is 0 Å². The van der Waals surface area contributed by atoms with Gasteiger partial charge in [-0.25, -0.2) is 0 Å². The number of hydrogen-bond acceptors (Lipinski definition) is 3. The molecule has 0 atom stereocenters. The van der Waals surface area contributed by atoms with Gasteiger partial charge in [0.05, 0.1) is 9.76 Å². The Labute approximate surface area is 169 Å². The molecule has 0 N–H and O–H groups in total. The van der Waals surface area contributed by atoms with E-state index in [0.717, 1.165) is 49.5 Å². The molecule has 1 aliphatic rings. The van der Waals surface area contributed by atoms with Crippen LogP contribution in [0.4, 0.5) is 5.69 Å². The predicted octanol–water partition coefficient (Wildman–Crippen LogP) is 4.27. The Hall–Kier alpha value is -2.70. The van der Waals surface area contributed by atoms with E-state index in [1.165, 1.54) is 0 Å². The molecule has 0 saturated heterocycles. The molecule has 0 heterocycles. The summed E-state index contributed by atoms with van der Waals surface area (Å²) in [5.74, 6) is 0. The van der Waals surface area contributed by atoms with E-state index in [2.05, 4.69) is 28.0 Å². The van der Waals surface area contributed by atoms with E-state index in [1.807, 2.05) is 44.1 Å². The van der Waals surface area contributed by atoms with Gasteiger partial charge in [-0.15, -0.1) is 0 Å². The van der Waals surface area contributed by atoms with Crippen molar-refractivity contribution < 1.29 is 8.42 Å². The third-order valence-corrected chi connectivity index (χ3v) is 7.34. The van der Waals surface area contributed by atoms with Gasteiger partial charge >= 0.3 is 0 Å². The molecule has 4 rings (SSSR count). The van der Waals surface area contributed by atoms with Gasteiger partial charge in [-0.05, 0) is 53.5 Å². The molecule has 0 unspecified atom stereocenters. The quantitative estimate of drug-likeness (QED) is 0.476. The molecule has 3 aromatic carbocycles. The maximum absolute atomic E-state index is 12.7. The van der Waals surface area contributed by atoms with Gasteiger partial charge < -0.3 is 4.90 Å². The van der Waals surface area contributed by atoms with Gasteiger partial charge in [-0.2, -0.15) is 8.42 Å². The van der Waals surface area contributed by atoms with Gasteiger partial charge in [-0.1, -0.05) is 51.8 Å². The molecule has 0 saturated carbocycles. The number of aryl methyl sites for hydroxylation is 1. The maximum atomic E-state index is 12.7. The molecule has 1 aliphatic carbocycles. The molecule has 0 spiro atoms. The summed E-state index contributed by atoms with van der Waals surface area (Å²) in [6.45, 7) is 1.92. The standard InChI is InChI=1S/C22H20N2O2S2/c1-15-8-11-17(12-9-15)28(25,26)23-27-22-20-7-5-4-6-18(20)19-13-10-16(24(2)3)14-21(19)22/h4-14H,1-3H3. The summed E-state index contributed by atoms with van der Waals surface area (Å²) in [4.78, 5) is 3.11. The van der Waals surface area contributed by atoms with Crippen LogP contribution in [0.2, 0.25) is 0 Å². The highest BCUT2D eigenvalue weighted by Gasteiger charge is 2.24. The average molecular weight is 409 g/mol. The lowest BCUT2D eigenvalue weighted by molar-refractivity contribution is 0.598. The van der Waals surface area contributed by atoms with E-state index < -0.39 is 10.0 Å². The van der Waals surface area contributed by atoms with Gasteiger partial charge in [0.25, 0.3) is 10.0 Å². The van der Waals surface area contributed by atoms with E-state index in [-0.39, 0.29) is 4.90 Å². The molecular weight excluding hydrogens is 388 g/mol. The predicted molar refractivity (Wildman–Crippen MR) is 118 cm³/mol. The average Bonchev–Trinajstić information content (AvgIpc) is 3.00. The first-order valence-electron chi connectivity index (χ1n) is 8.86. The lowest BCUT2D eigenvalue weighted by Gasteiger charge is -2.13.